The Kier molecular flexibility index (Phi) is 6.43. The number of imide groups is 1. The molecular weight excluding hydrogens is 500 g/mol. The lowest BCUT2D eigenvalue weighted by atomic mass is 9.85. The zero-order valence-electron chi connectivity index (χ0n) is 16.7. The van der Waals surface area contributed by atoms with Gasteiger partial charge in [0.2, 0.25) is 11.8 Å². The molecule has 4 rings (SSSR count). The molecule has 0 radical (unpaired) electrons. The van der Waals surface area contributed by atoms with Crippen molar-refractivity contribution in [3.63, 3.8) is 0 Å². The molecule has 1 aliphatic heterocycles. The van der Waals surface area contributed by atoms with Crippen LogP contribution >= 0.6 is 27.5 Å². The molecule has 0 aromatic heterocycles. The average molecular weight is 518 g/mol. The molecule has 1 saturated heterocycles. The van der Waals surface area contributed by atoms with Crippen LogP contribution in [-0.4, -0.2) is 30.3 Å². The summed E-state index contributed by atoms with van der Waals surface area (Å²) >= 11 is 9.34. The Morgan fingerprint density at radius 3 is 2.41 bits per heavy atom. The van der Waals surface area contributed by atoms with Crippen molar-refractivity contribution in [2.75, 3.05) is 16.8 Å². The number of carbonyl (C=O) groups is 4. The predicted octanol–water partition coefficient (Wildman–Crippen LogP) is 4.35. The first-order chi connectivity index (χ1) is 15.3. The summed E-state index contributed by atoms with van der Waals surface area (Å²) < 4.78 is 5.85. The summed E-state index contributed by atoms with van der Waals surface area (Å²) in [6, 6.07) is 11.0. The van der Waals surface area contributed by atoms with Crippen molar-refractivity contribution in [1.82, 2.24) is 0 Å². The molecule has 0 spiro atoms. The molecule has 0 unspecified atom stereocenters. The number of fused-ring (bicyclic) bond motifs is 1. The van der Waals surface area contributed by atoms with E-state index >= 15 is 0 Å². The number of benzene rings is 2. The summed E-state index contributed by atoms with van der Waals surface area (Å²) in [7, 11) is 0. The molecule has 2 aromatic carbocycles. The molecule has 1 fully saturated rings. The molecule has 0 saturated carbocycles. The number of esters is 1. The normalized spacial score (nSPS) is 19.6. The molecule has 1 heterocycles. The number of hydrogen-bond donors (Lipinski definition) is 1. The first-order valence-corrected chi connectivity index (χ1v) is 11.1. The van der Waals surface area contributed by atoms with E-state index in [1.165, 1.54) is 12.1 Å². The second kappa shape index (κ2) is 9.26. The van der Waals surface area contributed by atoms with E-state index in [1.807, 2.05) is 12.2 Å². The number of allylic oxidation sites excluding steroid dienone is 2. The lowest BCUT2D eigenvalue weighted by Gasteiger charge is -2.15. The SMILES string of the molecule is O=C(COC(=O)c1cccc(N2C(=O)[C@H]3CC=CC[C@H]3C2=O)c1)Nc1ccc(Br)cc1Cl. The third kappa shape index (κ3) is 4.47. The van der Waals surface area contributed by atoms with Gasteiger partial charge in [-0.15, -0.1) is 0 Å². The Hall–Kier alpha value is -2.97. The topological polar surface area (TPSA) is 92.8 Å². The highest BCUT2D eigenvalue weighted by molar-refractivity contribution is 9.10. The molecule has 9 heteroatoms. The van der Waals surface area contributed by atoms with Gasteiger partial charge in [-0.1, -0.05) is 45.7 Å². The van der Waals surface area contributed by atoms with Crippen molar-refractivity contribution < 1.29 is 23.9 Å². The molecular formula is C23H18BrClN2O5. The Bertz CT molecular complexity index is 1120. The highest BCUT2D eigenvalue weighted by atomic mass is 79.9. The maximum Gasteiger partial charge on any atom is 0.338 e. The van der Waals surface area contributed by atoms with Crippen molar-refractivity contribution in [1.29, 1.82) is 0 Å². The van der Waals surface area contributed by atoms with Gasteiger partial charge in [0.25, 0.3) is 5.91 Å². The van der Waals surface area contributed by atoms with Gasteiger partial charge in [-0.25, -0.2) is 4.79 Å². The van der Waals surface area contributed by atoms with Gasteiger partial charge in [-0.3, -0.25) is 19.3 Å². The molecule has 7 nitrogen and oxygen atoms in total. The highest BCUT2D eigenvalue weighted by Gasteiger charge is 2.47. The minimum Gasteiger partial charge on any atom is -0.452 e. The molecule has 1 aliphatic carbocycles. The Balaban J connectivity index is 1.41. The number of nitrogens with zero attached hydrogens (tertiary/aromatic N) is 1. The fourth-order valence-corrected chi connectivity index (χ4v) is 4.54. The second-order valence-electron chi connectivity index (χ2n) is 7.47. The van der Waals surface area contributed by atoms with Crippen LogP contribution in [0.15, 0.2) is 59.1 Å². The van der Waals surface area contributed by atoms with Crippen molar-refractivity contribution in [2.45, 2.75) is 12.8 Å². The van der Waals surface area contributed by atoms with Gasteiger partial charge in [-0.05, 0) is 49.2 Å². The molecule has 2 aliphatic rings. The van der Waals surface area contributed by atoms with Gasteiger partial charge in [0.15, 0.2) is 6.61 Å². The molecule has 1 N–H and O–H groups in total. The van der Waals surface area contributed by atoms with Gasteiger partial charge in [-0.2, -0.15) is 0 Å². The van der Waals surface area contributed by atoms with Crippen LogP contribution in [0.1, 0.15) is 23.2 Å². The van der Waals surface area contributed by atoms with Crippen LogP contribution in [0.3, 0.4) is 0 Å². The first-order valence-electron chi connectivity index (χ1n) is 9.90. The maximum absolute atomic E-state index is 12.8. The van der Waals surface area contributed by atoms with Crippen LogP contribution in [0.5, 0.6) is 0 Å². The molecule has 2 aromatic rings. The van der Waals surface area contributed by atoms with E-state index in [4.69, 9.17) is 16.3 Å². The van der Waals surface area contributed by atoms with Crippen LogP contribution in [0.2, 0.25) is 5.02 Å². The molecule has 164 valence electrons. The van der Waals surface area contributed by atoms with Gasteiger partial charge >= 0.3 is 5.97 Å². The average Bonchev–Trinajstić information content (AvgIpc) is 3.04. The zero-order valence-corrected chi connectivity index (χ0v) is 19.1. The summed E-state index contributed by atoms with van der Waals surface area (Å²) in [5.74, 6) is -2.56. The maximum atomic E-state index is 12.8. The Labute approximate surface area is 197 Å². The monoisotopic (exact) mass is 516 g/mol. The number of carbonyl (C=O) groups excluding carboxylic acids is 4. The molecule has 2 atom stereocenters. The summed E-state index contributed by atoms with van der Waals surface area (Å²) in [5, 5.41) is 2.90. The van der Waals surface area contributed by atoms with E-state index in [1.54, 1.807) is 30.3 Å². The van der Waals surface area contributed by atoms with Crippen LogP contribution in [0, 0.1) is 11.8 Å². The van der Waals surface area contributed by atoms with Crippen molar-refractivity contribution in [3.05, 3.63) is 69.7 Å². The Morgan fingerprint density at radius 1 is 1.06 bits per heavy atom. The number of ether oxygens (including phenoxy) is 1. The predicted molar refractivity (Wildman–Crippen MR) is 122 cm³/mol. The van der Waals surface area contributed by atoms with Crippen LogP contribution in [0.4, 0.5) is 11.4 Å². The summed E-state index contributed by atoms with van der Waals surface area (Å²) in [6.45, 7) is -0.521. The quantitative estimate of drug-likeness (QED) is 0.362. The highest BCUT2D eigenvalue weighted by Crippen LogP contribution is 2.37. The fourth-order valence-electron chi connectivity index (χ4n) is 3.82. The number of anilines is 2. The van der Waals surface area contributed by atoms with Crippen molar-refractivity contribution in [3.8, 4) is 0 Å². The third-order valence-electron chi connectivity index (χ3n) is 5.39. The van der Waals surface area contributed by atoms with E-state index < -0.39 is 18.5 Å². The number of rotatable bonds is 5. The van der Waals surface area contributed by atoms with Gasteiger partial charge in [0.05, 0.1) is 33.8 Å². The van der Waals surface area contributed by atoms with Crippen LogP contribution < -0.4 is 10.2 Å². The number of halogens is 2. The van der Waals surface area contributed by atoms with Crippen LogP contribution in [-0.2, 0) is 19.1 Å². The van der Waals surface area contributed by atoms with E-state index in [0.717, 1.165) is 9.37 Å². The number of nitrogens with one attached hydrogen (secondary N) is 1. The Morgan fingerprint density at radius 2 is 1.75 bits per heavy atom. The van der Waals surface area contributed by atoms with Crippen LogP contribution in [0.25, 0.3) is 0 Å². The largest absolute Gasteiger partial charge is 0.452 e. The smallest absolute Gasteiger partial charge is 0.338 e. The molecule has 32 heavy (non-hydrogen) atoms. The standard InChI is InChI=1S/C23H18BrClN2O5/c24-14-8-9-19(18(25)11-14)26-20(28)12-32-23(31)13-4-3-5-15(10-13)27-21(29)16-6-1-2-7-17(16)22(27)30/h1-5,8-11,16-17H,6-7,12H2,(H,26,28)/t16-,17+. The fraction of sp³-hybridized carbons (Fsp3) is 0.217. The first kappa shape index (κ1) is 22.2. The van der Waals surface area contributed by atoms with Gasteiger partial charge < -0.3 is 10.1 Å². The zero-order chi connectivity index (χ0) is 22.8. The molecule has 0 bridgehead atoms. The third-order valence-corrected chi connectivity index (χ3v) is 6.19. The lowest BCUT2D eigenvalue weighted by Crippen LogP contribution is -2.31. The van der Waals surface area contributed by atoms with E-state index in [2.05, 4.69) is 21.2 Å². The lowest BCUT2D eigenvalue weighted by molar-refractivity contribution is -0.122. The molecule has 3 amide bonds. The van der Waals surface area contributed by atoms with E-state index in [9.17, 15) is 19.2 Å². The van der Waals surface area contributed by atoms with E-state index in [-0.39, 0.29) is 29.2 Å². The summed E-state index contributed by atoms with van der Waals surface area (Å²) in [6.07, 6.45) is 4.89. The minimum atomic E-state index is -0.748. The summed E-state index contributed by atoms with van der Waals surface area (Å²) in [4.78, 5) is 51.2. The van der Waals surface area contributed by atoms with Crippen molar-refractivity contribution in [2.24, 2.45) is 11.8 Å². The number of amides is 3. The van der Waals surface area contributed by atoms with Gasteiger partial charge in [0.1, 0.15) is 0 Å². The minimum absolute atomic E-state index is 0.130. The van der Waals surface area contributed by atoms with E-state index in [0.29, 0.717) is 29.2 Å². The van der Waals surface area contributed by atoms with Crippen molar-refractivity contribution >= 4 is 62.6 Å². The number of hydrogen-bond acceptors (Lipinski definition) is 5. The second-order valence-corrected chi connectivity index (χ2v) is 8.79. The summed E-state index contributed by atoms with van der Waals surface area (Å²) in [5.41, 5.74) is 0.834. The van der Waals surface area contributed by atoms with Gasteiger partial charge in [0, 0.05) is 4.47 Å².